The van der Waals surface area contributed by atoms with Crippen LogP contribution in [-0.4, -0.2) is 30.2 Å². The maximum Gasteiger partial charge on any atom is 0.0935 e. The molecule has 0 aromatic carbocycles. The topological polar surface area (TPSA) is 15.6 Å². The van der Waals surface area contributed by atoms with Crippen molar-refractivity contribution >= 4 is 6.21 Å². The molecule has 2 heteroatoms. The van der Waals surface area contributed by atoms with Crippen LogP contribution in [0.4, 0.5) is 0 Å². The smallest absolute Gasteiger partial charge is 0.0935 e. The van der Waals surface area contributed by atoms with Gasteiger partial charge in [0.2, 0.25) is 0 Å². The van der Waals surface area contributed by atoms with Crippen LogP contribution < -0.4 is 0 Å². The maximum absolute atomic E-state index is 4.30. The highest BCUT2D eigenvalue weighted by Gasteiger charge is 2.24. The first-order valence-electron chi connectivity index (χ1n) is 3.48. The van der Waals surface area contributed by atoms with Crippen molar-refractivity contribution < 1.29 is 0 Å². The summed E-state index contributed by atoms with van der Waals surface area (Å²) in [6.45, 7) is 0. The summed E-state index contributed by atoms with van der Waals surface area (Å²) in [6.07, 6.45) is 10.3. The third-order valence-electron chi connectivity index (χ3n) is 1.99. The molecule has 0 aromatic rings. The second-order valence-electron chi connectivity index (χ2n) is 2.67. The normalized spacial score (nSPS) is 35.1. The molecule has 0 aliphatic carbocycles. The lowest BCUT2D eigenvalue weighted by atomic mass is 10.1. The Morgan fingerprint density at radius 3 is 3.10 bits per heavy atom. The number of aliphatic imine (C=N–C) groups is 1. The van der Waals surface area contributed by atoms with Gasteiger partial charge in [0.1, 0.15) is 0 Å². The van der Waals surface area contributed by atoms with E-state index in [1.54, 1.807) is 0 Å². The van der Waals surface area contributed by atoms with E-state index in [9.17, 15) is 0 Å². The lowest BCUT2D eigenvalue weighted by Gasteiger charge is -2.22. The molecule has 0 N–H and O–H groups in total. The van der Waals surface area contributed by atoms with Gasteiger partial charge in [-0.05, 0) is 18.4 Å². The molecular formula is C8H10N2. The van der Waals surface area contributed by atoms with Crippen LogP contribution in [0, 0.1) is 0 Å². The second-order valence-corrected chi connectivity index (χ2v) is 2.67. The summed E-state index contributed by atoms with van der Waals surface area (Å²) < 4.78 is 0. The van der Waals surface area contributed by atoms with Crippen molar-refractivity contribution in [2.75, 3.05) is 7.05 Å². The van der Waals surface area contributed by atoms with E-state index >= 15 is 0 Å². The van der Waals surface area contributed by atoms with Crippen molar-refractivity contribution in [3.63, 3.8) is 0 Å². The average Bonchev–Trinajstić information content (AvgIpc) is 2.34. The van der Waals surface area contributed by atoms with Crippen molar-refractivity contribution in [2.24, 2.45) is 4.99 Å². The summed E-state index contributed by atoms with van der Waals surface area (Å²) in [7, 11) is 2.08. The predicted octanol–water partition coefficient (Wildman–Crippen LogP) is 0.823. The number of dihydropyridines is 1. The summed E-state index contributed by atoms with van der Waals surface area (Å²) >= 11 is 0. The molecule has 2 aliphatic heterocycles. The summed E-state index contributed by atoms with van der Waals surface area (Å²) in [5.74, 6) is 0. The lowest BCUT2D eigenvalue weighted by molar-refractivity contribution is 0.392. The quantitative estimate of drug-likeness (QED) is 0.479. The van der Waals surface area contributed by atoms with E-state index in [4.69, 9.17) is 0 Å². The Morgan fingerprint density at radius 2 is 2.30 bits per heavy atom. The van der Waals surface area contributed by atoms with Gasteiger partial charge in [-0.1, -0.05) is 6.08 Å². The zero-order valence-corrected chi connectivity index (χ0v) is 5.94. The zero-order valence-electron chi connectivity index (χ0n) is 5.94. The molecule has 0 spiro atoms. The molecule has 2 nitrogen and oxygen atoms in total. The molecular weight excluding hydrogens is 124 g/mol. The molecule has 2 atom stereocenters. The van der Waals surface area contributed by atoms with E-state index in [1.807, 2.05) is 12.3 Å². The number of likely N-dealkylation sites (N-methyl/N-ethyl adjacent to an activating group) is 1. The molecule has 0 amide bonds. The molecule has 0 saturated carbocycles. The molecule has 0 fully saturated rings. The van der Waals surface area contributed by atoms with Gasteiger partial charge >= 0.3 is 0 Å². The summed E-state index contributed by atoms with van der Waals surface area (Å²) in [5, 5.41) is 0. The van der Waals surface area contributed by atoms with Gasteiger partial charge in [0.15, 0.2) is 0 Å². The van der Waals surface area contributed by atoms with E-state index in [0.717, 1.165) is 0 Å². The van der Waals surface area contributed by atoms with Gasteiger partial charge in [0, 0.05) is 13.3 Å². The van der Waals surface area contributed by atoms with Crippen molar-refractivity contribution in [1.82, 2.24) is 4.90 Å². The van der Waals surface area contributed by atoms with Crippen LogP contribution in [0.2, 0.25) is 0 Å². The van der Waals surface area contributed by atoms with Crippen molar-refractivity contribution in [2.45, 2.75) is 12.1 Å². The third-order valence-corrected chi connectivity index (χ3v) is 1.99. The van der Waals surface area contributed by atoms with Crippen LogP contribution in [0.5, 0.6) is 0 Å². The highest BCUT2D eigenvalue weighted by Crippen LogP contribution is 2.18. The molecule has 0 aromatic heterocycles. The number of nitrogens with zero attached hydrogens (tertiary/aromatic N) is 2. The molecule has 52 valence electrons. The standard InChI is InChI=1S/C8H10N2/c1-10-6-4-7-8(10)3-2-5-9-7/h2-8H,1H3. The van der Waals surface area contributed by atoms with Gasteiger partial charge in [-0.3, -0.25) is 4.99 Å². The van der Waals surface area contributed by atoms with Crippen molar-refractivity contribution in [3.05, 3.63) is 24.4 Å². The number of hydrogen-bond acceptors (Lipinski definition) is 2. The van der Waals surface area contributed by atoms with E-state index in [0.29, 0.717) is 12.1 Å². The van der Waals surface area contributed by atoms with Gasteiger partial charge in [0.25, 0.3) is 0 Å². The second kappa shape index (κ2) is 1.97. The van der Waals surface area contributed by atoms with Gasteiger partial charge in [-0.25, -0.2) is 0 Å². The van der Waals surface area contributed by atoms with E-state index in [-0.39, 0.29) is 0 Å². The van der Waals surface area contributed by atoms with Crippen molar-refractivity contribution in [3.8, 4) is 0 Å². The van der Waals surface area contributed by atoms with E-state index < -0.39 is 0 Å². The molecule has 2 heterocycles. The van der Waals surface area contributed by atoms with Gasteiger partial charge < -0.3 is 4.90 Å². The minimum atomic E-state index is 0.370. The minimum Gasteiger partial charge on any atom is -0.372 e. The Labute approximate surface area is 60.6 Å². The minimum absolute atomic E-state index is 0.370. The fraction of sp³-hybridized carbons (Fsp3) is 0.375. The summed E-state index contributed by atoms with van der Waals surface area (Å²) in [6, 6.07) is 0.847. The highest BCUT2D eigenvalue weighted by molar-refractivity contribution is 5.73. The fourth-order valence-electron chi connectivity index (χ4n) is 1.38. The van der Waals surface area contributed by atoms with Gasteiger partial charge in [0.05, 0.1) is 12.1 Å². The van der Waals surface area contributed by atoms with Crippen LogP contribution in [0.3, 0.4) is 0 Å². The van der Waals surface area contributed by atoms with Crippen LogP contribution >= 0.6 is 0 Å². The SMILES string of the molecule is CN1C=CC2N=CC=CC21. The fourth-order valence-corrected chi connectivity index (χ4v) is 1.38. The molecule has 2 unspecified atom stereocenters. The highest BCUT2D eigenvalue weighted by atomic mass is 15.2. The molecule has 10 heavy (non-hydrogen) atoms. The van der Waals surface area contributed by atoms with E-state index in [2.05, 4.69) is 35.3 Å². The Kier molecular flexibility index (Phi) is 1.13. The monoisotopic (exact) mass is 134 g/mol. The number of allylic oxidation sites excluding steroid dienone is 1. The molecule has 0 radical (unpaired) electrons. The van der Waals surface area contributed by atoms with Gasteiger partial charge in [-0.2, -0.15) is 0 Å². The number of fused-ring (bicyclic) bond motifs is 1. The number of hydrogen-bond donors (Lipinski definition) is 0. The van der Waals surface area contributed by atoms with E-state index in [1.165, 1.54) is 0 Å². The first kappa shape index (κ1) is 5.71. The molecule has 2 rings (SSSR count). The van der Waals surface area contributed by atoms with Crippen LogP contribution in [0.25, 0.3) is 0 Å². The largest absolute Gasteiger partial charge is 0.372 e. The first-order chi connectivity index (χ1) is 4.88. The Hall–Kier alpha value is -1.05. The Bertz CT molecular complexity index is 215. The molecule has 0 bridgehead atoms. The van der Waals surface area contributed by atoms with Crippen LogP contribution in [0.1, 0.15) is 0 Å². The maximum atomic E-state index is 4.30. The average molecular weight is 134 g/mol. The third kappa shape index (κ3) is 0.685. The summed E-state index contributed by atoms with van der Waals surface area (Å²) in [4.78, 5) is 6.48. The lowest BCUT2D eigenvalue weighted by Crippen LogP contribution is -2.30. The van der Waals surface area contributed by atoms with Gasteiger partial charge in [-0.15, -0.1) is 0 Å². The zero-order chi connectivity index (χ0) is 6.97. The predicted molar refractivity (Wildman–Crippen MR) is 42.1 cm³/mol. The number of rotatable bonds is 0. The Morgan fingerprint density at radius 1 is 1.40 bits per heavy atom. The Balaban J connectivity index is 2.26. The molecule has 2 aliphatic rings. The summed E-state index contributed by atoms with van der Waals surface area (Å²) in [5.41, 5.74) is 0. The van der Waals surface area contributed by atoms with Crippen LogP contribution in [-0.2, 0) is 0 Å². The van der Waals surface area contributed by atoms with Crippen molar-refractivity contribution in [1.29, 1.82) is 0 Å². The first-order valence-corrected chi connectivity index (χ1v) is 3.48. The van der Waals surface area contributed by atoms with Crippen LogP contribution in [0.15, 0.2) is 29.4 Å². The molecule has 0 saturated heterocycles.